The maximum atomic E-state index is 3.52. The van der Waals surface area contributed by atoms with Gasteiger partial charge < -0.3 is 5.32 Å². The Morgan fingerprint density at radius 2 is 2.46 bits per heavy atom. The molecule has 1 aromatic heterocycles. The van der Waals surface area contributed by atoms with E-state index in [9.17, 15) is 0 Å². The lowest BCUT2D eigenvalue weighted by molar-refractivity contribution is 0.690. The van der Waals surface area contributed by atoms with Crippen LogP contribution in [0.2, 0.25) is 0 Å². The van der Waals surface area contributed by atoms with E-state index in [-0.39, 0.29) is 0 Å². The van der Waals surface area contributed by atoms with Gasteiger partial charge in [-0.1, -0.05) is 6.92 Å². The first-order valence-electron chi connectivity index (χ1n) is 4.19. The second kappa shape index (κ2) is 6.06. The van der Waals surface area contributed by atoms with Crippen molar-refractivity contribution in [2.45, 2.75) is 18.7 Å². The van der Waals surface area contributed by atoms with Crippen LogP contribution in [0.1, 0.15) is 11.8 Å². The van der Waals surface area contributed by atoms with Crippen LogP contribution >= 0.6 is 39.0 Å². The van der Waals surface area contributed by atoms with Crippen molar-refractivity contribution in [2.24, 2.45) is 0 Å². The largest absolute Gasteiger partial charge is 0.311 e. The van der Waals surface area contributed by atoms with E-state index in [4.69, 9.17) is 0 Å². The van der Waals surface area contributed by atoms with Gasteiger partial charge >= 0.3 is 0 Å². The maximum absolute atomic E-state index is 3.52. The molecule has 0 aliphatic heterocycles. The summed E-state index contributed by atoms with van der Waals surface area (Å²) in [4.78, 5) is 1.38. The average Bonchev–Trinajstić information content (AvgIpc) is 2.52. The summed E-state index contributed by atoms with van der Waals surface area (Å²) < 4.78 is 1.22. The predicted octanol–water partition coefficient (Wildman–Crippen LogP) is 3.35. The first kappa shape index (κ1) is 11.6. The number of thioether (sulfide) groups is 1. The van der Waals surface area contributed by atoms with Crippen molar-refractivity contribution >= 4 is 39.0 Å². The second-order valence-corrected chi connectivity index (χ2v) is 6.00. The first-order chi connectivity index (χ1) is 6.24. The molecule has 1 nitrogen and oxygen atoms in total. The number of rotatable bonds is 5. The minimum atomic E-state index is 0.693. The molecule has 1 atom stereocenters. The van der Waals surface area contributed by atoms with Gasteiger partial charge in [0, 0.05) is 27.7 Å². The quantitative estimate of drug-likeness (QED) is 0.887. The molecule has 0 saturated heterocycles. The fourth-order valence-electron chi connectivity index (χ4n) is 0.924. The highest BCUT2D eigenvalue weighted by molar-refractivity contribution is 9.10. The molecular formula is C9H14BrNS2. The maximum Gasteiger partial charge on any atom is 0.0327 e. The lowest BCUT2D eigenvalue weighted by Gasteiger charge is -2.08. The lowest BCUT2D eigenvalue weighted by Crippen LogP contribution is -2.21. The van der Waals surface area contributed by atoms with Crippen molar-refractivity contribution in [1.29, 1.82) is 0 Å². The number of hydrogen-bond acceptors (Lipinski definition) is 3. The standard InChI is InChI=1S/C9H14BrNS2/c1-7(12-2)5-11-6-9-8(10)3-4-13-9/h3-4,7,11H,5-6H2,1-2H3. The molecule has 1 unspecified atom stereocenters. The van der Waals surface area contributed by atoms with E-state index >= 15 is 0 Å². The Kier molecular flexibility index (Phi) is 5.39. The Morgan fingerprint density at radius 1 is 1.69 bits per heavy atom. The zero-order chi connectivity index (χ0) is 9.68. The summed E-state index contributed by atoms with van der Waals surface area (Å²) in [5.74, 6) is 0. The molecule has 0 aliphatic carbocycles. The second-order valence-electron chi connectivity index (χ2n) is 2.87. The van der Waals surface area contributed by atoms with Crippen LogP contribution in [0, 0.1) is 0 Å². The van der Waals surface area contributed by atoms with Gasteiger partial charge in [0.15, 0.2) is 0 Å². The zero-order valence-electron chi connectivity index (χ0n) is 7.84. The van der Waals surface area contributed by atoms with E-state index in [2.05, 4.69) is 45.9 Å². The molecule has 1 aromatic rings. The average molecular weight is 280 g/mol. The Morgan fingerprint density at radius 3 is 3.00 bits per heavy atom. The molecular weight excluding hydrogens is 266 g/mol. The minimum Gasteiger partial charge on any atom is -0.311 e. The molecule has 4 heteroatoms. The Balaban J connectivity index is 2.24. The molecule has 0 radical (unpaired) electrons. The van der Waals surface area contributed by atoms with E-state index in [1.165, 1.54) is 9.35 Å². The lowest BCUT2D eigenvalue weighted by atomic mass is 10.4. The fourth-order valence-corrected chi connectivity index (χ4v) is 2.67. The van der Waals surface area contributed by atoms with Crippen LogP contribution in [0.5, 0.6) is 0 Å². The summed E-state index contributed by atoms with van der Waals surface area (Å²) in [6.45, 7) is 4.29. The van der Waals surface area contributed by atoms with Gasteiger partial charge in [-0.25, -0.2) is 0 Å². The molecule has 0 aliphatic rings. The van der Waals surface area contributed by atoms with E-state index in [1.807, 2.05) is 11.8 Å². The van der Waals surface area contributed by atoms with Gasteiger partial charge in [0.05, 0.1) is 0 Å². The number of halogens is 1. The molecule has 0 bridgehead atoms. The molecule has 0 fully saturated rings. The molecule has 13 heavy (non-hydrogen) atoms. The summed E-state index contributed by atoms with van der Waals surface area (Å²) in [5.41, 5.74) is 0. The fraction of sp³-hybridized carbons (Fsp3) is 0.556. The normalized spacial score (nSPS) is 13.2. The van der Waals surface area contributed by atoms with Crippen molar-refractivity contribution in [3.63, 3.8) is 0 Å². The molecule has 0 amide bonds. The van der Waals surface area contributed by atoms with Crippen molar-refractivity contribution in [2.75, 3.05) is 12.8 Å². The summed E-state index contributed by atoms with van der Waals surface area (Å²) in [7, 11) is 0. The highest BCUT2D eigenvalue weighted by Gasteiger charge is 2.02. The van der Waals surface area contributed by atoms with Gasteiger partial charge in [-0.05, 0) is 33.6 Å². The Bertz CT molecular complexity index is 250. The summed E-state index contributed by atoms with van der Waals surface area (Å²) in [5, 5.41) is 6.24. The van der Waals surface area contributed by atoms with E-state index in [1.54, 1.807) is 11.3 Å². The SMILES string of the molecule is CSC(C)CNCc1sccc1Br. The van der Waals surface area contributed by atoms with Crippen molar-refractivity contribution in [3.8, 4) is 0 Å². The van der Waals surface area contributed by atoms with E-state index < -0.39 is 0 Å². The van der Waals surface area contributed by atoms with Crippen LogP contribution in [0.25, 0.3) is 0 Å². The smallest absolute Gasteiger partial charge is 0.0327 e. The van der Waals surface area contributed by atoms with Crippen LogP contribution in [-0.4, -0.2) is 18.1 Å². The molecule has 1 rings (SSSR count). The number of thiophene rings is 1. The van der Waals surface area contributed by atoms with Crippen LogP contribution in [-0.2, 0) is 6.54 Å². The van der Waals surface area contributed by atoms with Gasteiger partial charge in [-0.15, -0.1) is 11.3 Å². The van der Waals surface area contributed by atoms with Gasteiger partial charge in [0.2, 0.25) is 0 Å². The molecule has 1 heterocycles. The zero-order valence-corrected chi connectivity index (χ0v) is 11.1. The van der Waals surface area contributed by atoms with Gasteiger partial charge in [-0.3, -0.25) is 0 Å². The van der Waals surface area contributed by atoms with Crippen LogP contribution in [0.15, 0.2) is 15.9 Å². The van der Waals surface area contributed by atoms with Crippen molar-refractivity contribution in [1.82, 2.24) is 5.32 Å². The van der Waals surface area contributed by atoms with Crippen molar-refractivity contribution in [3.05, 3.63) is 20.8 Å². The molecule has 0 aromatic carbocycles. The van der Waals surface area contributed by atoms with Crippen LogP contribution < -0.4 is 5.32 Å². The van der Waals surface area contributed by atoms with Crippen molar-refractivity contribution < 1.29 is 0 Å². The molecule has 0 saturated carbocycles. The first-order valence-corrected chi connectivity index (χ1v) is 7.15. The van der Waals surface area contributed by atoms with Crippen LogP contribution in [0.4, 0.5) is 0 Å². The van der Waals surface area contributed by atoms with Gasteiger partial charge in [0.25, 0.3) is 0 Å². The predicted molar refractivity (Wildman–Crippen MR) is 66.7 cm³/mol. The van der Waals surface area contributed by atoms with Gasteiger partial charge in [-0.2, -0.15) is 11.8 Å². The van der Waals surface area contributed by atoms with Gasteiger partial charge in [0.1, 0.15) is 0 Å². The monoisotopic (exact) mass is 279 g/mol. The highest BCUT2D eigenvalue weighted by atomic mass is 79.9. The number of hydrogen-bond donors (Lipinski definition) is 1. The Hall–Kier alpha value is 0.490. The topological polar surface area (TPSA) is 12.0 Å². The number of nitrogens with one attached hydrogen (secondary N) is 1. The molecule has 1 N–H and O–H groups in total. The Labute approximate surface area is 96.4 Å². The third-order valence-corrected chi connectivity index (χ3v) is 4.71. The third kappa shape index (κ3) is 4.02. The minimum absolute atomic E-state index is 0.693. The molecule has 0 spiro atoms. The highest BCUT2D eigenvalue weighted by Crippen LogP contribution is 2.22. The van der Waals surface area contributed by atoms with E-state index in [0.29, 0.717) is 5.25 Å². The summed E-state index contributed by atoms with van der Waals surface area (Å²) in [6.07, 6.45) is 2.15. The van der Waals surface area contributed by atoms with E-state index in [0.717, 1.165) is 13.1 Å². The third-order valence-electron chi connectivity index (χ3n) is 1.81. The molecule has 74 valence electrons. The van der Waals surface area contributed by atoms with Crippen LogP contribution in [0.3, 0.4) is 0 Å². The summed E-state index contributed by atoms with van der Waals surface area (Å²) >= 11 is 7.20. The summed E-state index contributed by atoms with van der Waals surface area (Å²) in [6, 6.07) is 2.10.